The van der Waals surface area contributed by atoms with E-state index in [0.717, 1.165) is 25.9 Å². The summed E-state index contributed by atoms with van der Waals surface area (Å²) in [6.07, 6.45) is 1.98. The van der Waals surface area contributed by atoms with E-state index >= 15 is 0 Å². The molecule has 1 aliphatic heterocycles. The molecule has 0 bridgehead atoms. The molecule has 8 nitrogen and oxygen atoms in total. The van der Waals surface area contributed by atoms with Crippen molar-refractivity contribution in [1.29, 1.82) is 0 Å². The van der Waals surface area contributed by atoms with E-state index < -0.39 is 23.4 Å². The lowest BCUT2D eigenvalue weighted by Crippen LogP contribution is -2.34. The number of non-ortho nitro benzene ring substituents is 1. The number of carbonyl (C=O) groups is 2. The highest BCUT2D eigenvalue weighted by Crippen LogP contribution is 2.29. The molecule has 1 aromatic carbocycles. The number of rotatable bonds is 7. The molecule has 0 unspecified atom stereocenters. The van der Waals surface area contributed by atoms with E-state index in [1.165, 1.54) is 12.1 Å². The summed E-state index contributed by atoms with van der Waals surface area (Å²) in [7, 11) is 0. The van der Waals surface area contributed by atoms with Gasteiger partial charge in [0.15, 0.2) is 6.61 Å². The number of anilines is 1. The Labute approximate surface area is 159 Å². The third-order valence-corrected chi connectivity index (χ3v) is 4.58. The highest BCUT2D eigenvalue weighted by Gasteiger charge is 2.24. The standard InChI is InChI=1S/C19H27N3O5/c1-13(2)11-20-18(23)12-27-19(24)16-10-15(22(25)26)4-5-17(16)21-8-6-14(3)7-9-21/h4-5,10,13-14H,6-9,11-12H2,1-3H3,(H,20,23). The minimum atomic E-state index is -0.730. The van der Waals surface area contributed by atoms with Crippen LogP contribution in [0.25, 0.3) is 0 Å². The minimum Gasteiger partial charge on any atom is -0.452 e. The average molecular weight is 377 g/mol. The number of hydrogen-bond donors (Lipinski definition) is 1. The molecule has 0 atom stereocenters. The lowest BCUT2D eigenvalue weighted by molar-refractivity contribution is -0.384. The van der Waals surface area contributed by atoms with Crippen molar-refractivity contribution in [1.82, 2.24) is 5.32 Å². The van der Waals surface area contributed by atoms with Gasteiger partial charge in [-0.05, 0) is 30.7 Å². The third-order valence-electron chi connectivity index (χ3n) is 4.58. The molecule has 1 N–H and O–H groups in total. The zero-order chi connectivity index (χ0) is 20.0. The smallest absolute Gasteiger partial charge is 0.341 e. The molecule has 8 heteroatoms. The van der Waals surface area contributed by atoms with Crippen molar-refractivity contribution in [3.8, 4) is 0 Å². The first-order valence-corrected chi connectivity index (χ1v) is 9.25. The Morgan fingerprint density at radius 3 is 2.59 bits per heavy atom. The fourth-order valence-electron chi connectivity index (χ4n) is 2.90. The first-order chi connectivity index (χ1) is 12.8. The molecule has 27 heavy (non-hydrogen) atoms. The van der Waals surface area contributed by atoms with Crippen LogP contribution in [-0.4, -0.2) is 43.0 Å². The van der Waals surface area contributed by atoms with Gasteiger partial charge in [-0.15, -0.1) is 0 Å². The first kappa shape index (κ1) is 20.7. The number of nitrogens with zero attached hydrogens (tertiary/aromatic N) is 2. The van der Waals surface area contributed by atoms with Gasteiger partial charge in [-0.2, -0.15) is 0 Å². The van der Waals surface area contributed by atoms with Gasteiger partial charge in [0.25, 0.3) is 11.6 Å². The highest BCUT2D eigenvalue weighted by atomic mass is 16.6. The molecule has 1 saturated heterocycles. The fourth-order valence-corrected chi connectivity index (χ4v) is 2.90. The molecule has 0 aliphatic carbocycles. The van der Waals surface area contributed by atoms with Crippen molar-refractivity contribution in [3.05, 3.63) is 33.9 Å². The summed E-state index contributed by atoms with van der Waals surface area (Å²) in [5.74, 6) is -0.225. The van der Waals surface area contributed by atoms with Crippen molar-refractivity contribution >= 4 is 23.3 Å². The number of amides is 1. The number of benzene rings is 1. The van der Waals surface area contributed by atoms with Crippen LogP contribution in [0.5, 0.6) is 0 Å². The Bertz CT molecular complexity index is 697. The zero-order valence-corrected chi connectivity index (χ0v) is 16.1. The molecule has 148 valence electrons. The molecular weight excluding hydrogens is 350 g/mol. The molecule has 1 amide bonds. The number of nitro groups is 1. The second kappa shape index (κ2) is 9.34. The molecule has 1 aliphatic rings. The summed E-state index contributed by atoms with van der Waals surface area (Å²) in [6, 6.07) is 4.20. The predicted molar refractivity (Wildman–Crippen MR) is 102 cm³/mol. The Hall–Kier alpha value is -2.64. The van der Waals surface area contributed by atoms with Gasteiger partial charge < -0.3 is 15.0 Å². The van der Waals surface area contributed by atoms with E-state index in [2.05, 4.69) is 12.2 Å². The van der Waals surface area contributed by atoms with Crippen LogP contribution in [0.2, 0.25) is 0 Å². The third kappa shape index (κ3) is 5.94. The van der Waals surface area contributed by atoms with Gasteiger partial charge in [0.05, 0.1) is 16.2 Å². The maximum Gasteiger partial charge on any atom is 0.341 e. The lowest BCUT2D eigenvalue weighted by Gasteiger charge is -2.33. The van der Waals surface area contributed by atoms with Crippen LogP contribution in [0.4, 0.5) is 11.4 Å². The second-order valence-electron chi connectivity index (χ2n) is 7.40. The van der Waals surface area contributed by atoms with Gasteiger partial charge in [0, 0.05) is 31.8 Å². The van der Waals surface area contributed by atoms with Gasteiger partial charge in [0.1, 0.15) is 0 Å². The fraction of sp³-hybridized carbons (Fsp3) is 0.579. The van der Waals surface area contributed by atoms with Crippen LogP contribution in [0.1, 0.15) is 44.0 Å². The molecule has 2 rings (SSSR count). The summed E-state index contributed by atoms with van der Waals surface area (Å²) in [5.41, 5.74) is 0.552. The van der Waals surface area contributed by atoms with E-state index in [1.54, 1.807) is 6.07 Å². The van der Waals surface area contributed by atoms with Crippen molar-refractivity contribution in [3.63, 3.8) is 0 Å². The lowest BCUT2D eigenvalue weighted by atomic mass is 9.98. The van der Waals surface area contributed by atoms with Crippen molar-refractivity contribution in [2.75, 3.05) is 31.1 Å². The van der Waals surface area contributed by atoms with Crippen LogP contribution in [-0.2, 0) is 9.53 Å². The van der Waals surface area contributed by atoms with E-state index in [9.17, 15) is 19.7 Å². The number of nitrogens with one attached hydrogen (secondary N) is 1. The maximum absolute atomic E-state index is 12.5. The molecule has 0 saturated carbocycles. The van der Waals surface area contributed by atoms with Crippen molar-refractivity contribution < 1.29 is 19.2 Å². The van der Waals surface area contributed by atoms with E-state index in [1.807, 2.05) is 18.7 Å². The summed E-state index contributed by atoms with van der Waals surface area (Å²) >= 11 is 0. The van der Waals surface area contributed by atoms with Crippen LogP contribution < -0.4 is 10.2 Å². The number of hydrogen-bond acceptors (Lipinski definition) is 6. The molecular formula is C19H27N3O5. The van der Waals surface area contributed by atoms with Gasteiger partial charge >= 0.3 is 5.97 Å². The van der Waals surface area contributed by atoms with Crippen LogP contribution in [0.3, 0.4) is 0 Å². The van der Waals surface area contributed by atoms with Crippen LogP contribution >= 0.6 is 0 Å². The van der Waals surface area contributed by atoms with Crippen LogP contribution in [0, 0.1) is 22.0 Å². The molecule has 1 aromatic rings. The second-order valence-corrected chi connectivity index (χ2v) is 7.40. The molecule has 1 fully saturated rings. The normalized spacial score (nSPS) is 14.9. The molecule has 0 spiro atoms. The Morgan fingerprint density at radius 1 is 1.33 bits per heavy atom. The zero-order valence-electron chi connectivity index (χ0n) is 16.1. The van der Waals surface area contributed by atoms with Crippen LogP contribution in [0.15, 0.2) is 18.2 Å². The Kier molecular flexibility index (Phi) is 7.15. The molecule has 1 heterocycles. The van der Waals surface area contributed by atoms with Crippen molar-refractivity contribution in [2.24, 2.45) is 11.8 Å². The highest BCUT2D eigenvalue weighted by molar-refractivity contribution is 5.97. The first-order valence-electron chi connectivity index (χ1n) is 9.25. The topological polar surface area (TPSA) is 102 Å². The largest absolute Gasteiger partial charge is 0.452 e. The molecule has 0 aromatic heterocycles. The summed E-state index contributed by atoms with van der Waals surface area (Å²) < 4.78 is 5.11. The number of esters is 1. The summed E-state index contributed by atoms with van der Waals surface area (Å²) in [5, 5.41) is 13.8. The van der Waals surface area contributed by atoms with Gasteiger partial charge in [0.2, 0.25) is 0 Å². The Morgan fingerprint density at radius 2 is 2.00 bits per heavy atom. The summed E-state index contributed by atoms with van der Waals surface area (Å²) in [6.45, 7) is 7.72. The SMILES string of the molecule is CC(C)CNC(=O)COC(=O)c1cc([N+](=O)[O-])ccc1N1CCC(C)CC1. The quantitative estimate of drug-likeness (QED) is 0.445. The average Bonchev–Trinajstić information content (AvgIpc) is 2.64. The predicted octanol–water partition coefficient (Wildman–Crippen LogP) is 2.76. The van der Waals surface area contributed by atoms with E-state index in [0.29, 0.717) is 18.2 Å². The minimum absolute atomic E-state index is 0.121. The van der Waals surface area contributed by atoms with E-state index in [4.69, 9.17) is 4.74 Å². The summed E-state index contributed by atoms with van der Waals surface area (Å²) in [4.78, 5) is 36.9. The number of nitro benzene ring substituents is 1. The maximum atomic E-state index is 12.5. The number of ether oxygens (including phenoxy) is 1. The van der Waals surface area contributed by atoms with Gasteiger partial charge in [-0.25, -0.2) is 4.79 Å². The van der Waals surface area contributed by atoms with Gasteiger partial charge in [-0.1, -0.05) is 20.8 Å². The van der Waals surface area contributed by atoms with E-state index in [-0.39, 0.29) is 17.2 Å². The van der Waals surface area contributed by atoms with Crippen molar-refractivity contribution in [2.45, 2.75) is 33.6 Å². The Balaban J connectivity index is 2.14. The monoisotopic (exact) mass is 377 g/mol. The molecule has 0 radical (unpaired) electrons. The number of piperidine rings is 1. The van der Waals surface area contributed by atoms with Gasteiger partial charge in [-0.3, -0.25) is 14.9 Å². The number of carbonyl (C=O) groups excluding carboxylic acids is 2.